The number of aliphatic hydroxyl groups is 1. The van der Waals surface area contributed by atoms with Gasteiger partial charge in [-0.1, -0.05) is 0 Å². The third kappa shape index (κ3) is 5.86. The van der Waals surface area contributed by atoms with Gasteiger partial charge in [0.25, 0.3) is 0 Å². The van der Waals surface area contributed by atoms with Crippen molar-refractivity contribution in [1.29, 1.82) is 0 Å². The van der Waals surface area contributed by atoms with E-state index in [4.69, 9.17) is 9.47 Å². The predicted octanol–water partition coefficient (Wildman–Crippen LogP) is 0.297. The molecule has 1 aliphatic heterocycles. The van der Waals surface area contributed by atoms with E-state index >= 15 is 0 Å². The Morgan fingerprint density at radius 2 is 2.26 bits per heavy atom. The normalized spacial score (nSPS) is 33.6. The predicted molar refractivity (Wildman–Crippen MR) is 82.9 cm³/mol. The lowest BCUT2D eigenvalue weighted by molar-refractivity contribution is -0.0212. The molecule has 0 spiro atoms. The van der Waals surface area contributed by atoms with Crippen LogP contribution in [0.4, 0.5) is 4.39 Å². The molecule has 19 heavy (non-hydrogen) atoms. The second-order valence-electron chi connectivity index (χ2n) is 5.05. The van der Waals surface area contributed by atoms with Crippen molar-refractivity contribution in [2.45, 2.75) is 56.5 Å². The van der Waals surface area contributed by atoms with Crippen LogP contribution in [0.25, 0.3) is 0 Å². The van der Waals surface area contributed by atoms with Gasteiger partial charge in [-0.3, -0.25) is 5.09 Å². The van der Waals surface area contributed by atoms with E-state index in [0.29, 0.717) is 18.8 Å². The molecule has 0 aliphatic carbocycles. The van der Waals surface area contributed by atoms with Crippen molar-refractivity contribution in [3.63, 3.8) is 0 Å². The zero-order chi connectivity index (χ0) is 14.4. The van der Waals surface area contributed by atoms with Crippen molar-refractivity contribution in [3.05, 3.63) is 0 Å². The number of halogens is 1. The van der Waals surface area contributed by atoms with Gasteiger partial charge in [-0.25, -0.2) is 4.39 Å². The van der Waals surface area contributed by atoms with Crippen LogP contribution in [0.1, 0.15) is 20.3 Å². The first kappa shape index (κ1) is 17.7. The average molecular weight is 311 g/mol. The summed E-state index contributed by atoms with van der Waals surface area (Å²) in [5, 5.41) is 12.8. The van der Waals surface area contributed by atoms with Crippen molar-refractivity contribution in [2.75, 3.05) is 12.4 Å². The molecule has 8 heteroatoms. The molecule has 1 aliphatic rings. The molecule has 0 saturated carbocycles. The largest absolute Gasteiger partial charge is 0.388 e. The number of thiol groups is 1. The molecule has 6 atom stereocenters. The molecule has 0 aromatic heterocycles. The quantitative estimate of drug-likeness (QED) is 0.343. The summed E-state index contributed by atoms with van der Waals surface area (Å²) in [4.78, 5) is 0. The molecule has 112 valence electrons. The van der Waals surface area contributed by atoms with Crippen LogP contribution in [0.15, 0.2) is 0 Å². The van der Waals surface area contributed by atoms with E-state index in [1.54, 1.807) is 7.85 Å². The summed E-state index contributed by atoms with van der Waals surface area (Å²) in [6, 6.07) is -0.855. The number of aliphatic hydroxyl groups excluding tert-OH is 1. The highest BCUT2D eigenvalue weighted by atomic mass is 32.1. The van der Waals surface area contributed by atoms with E-state index in [2.05, 4.69) is 17.7 Å². The summed E-state index contributed by atoms with van der Waals surface area (Å²) in [6.45, 7) is 4.24. The summed E-state index contributed by atoms with van der Waals surface area (Å²) in [6.07, 6.45) is -0.683. The van der Waals surface area contributed by atoms with E-state index in [9.17, 15) is 9.50 Å². The number of alkyl halides is 1. The first-order valence-corrected chi connectivity index (χ1v) is 8.37. The lowest BCUT2D eigenvalue weighted by atomic mass is 9.93. The minimum absolute atomic E-state index is 0.0885. The van der Waals surface area contributed by atoms with Gasteiger partial charge in [-0.15, -0.1) is 0 Å². The molecule has 6 unspecified atom stereocenters. The van der Waals surface area contributed by atoms with Crippen molar-refractivity contribution in [3.8, 4) is 0 Å². The number of rotatable bonds is 8. The molecule has 1 saturated heterocycles. The molecule has 0 amide bonds. The Morgan fingerprint density at radius 3 is 2.84 bits per heavy atom. The first-order chi connectivity index (χ1) is 8.95. The molecule has 1 heterocycles. The fourth-order valence-corrected chi connectivity index (χ4v) is 3.43. The molecule has 4 nitrogen and oxygen atoms in total. The summed E-state index contributed by atoms with van der Waals surface area (Å²) in [5.74, 6) is 0.138. The lowest BCUT2D eigenvalue weighted by Gasteiger charge is -2.23. The van der Waals surface area contributed by atoms with Crippen LogP contribution in [-0.4, -0.2) is 61.6 Å². The van der Waals surface area contributed by atoms with Crippen LogP contribution in [0.2, 0.25) is 0 Å². The van der Waals surface area contributed by atoms with Crippen LogP contribution in [-0.2, 0) is 9.47 Å². The van der Waals surface area contributed by atoms with Gasteiger partial charge in [0.1, 0.15) is 14.0 Å². The molecule has 0 bridgehead atoms. The highest BCUT2D eigenvalue weighted by Crippen LogP contribution is 2.27. The molecular weight excluding hydrogens is 287 g/mol. The number of nitrogens with one attached hydrogen (secondary N) is 1. The van der Waals surface area contributed by atoms with Crippen molar-refractivity contribution in [2.24, 2.45) is 0 Å². The van der Waals surface area contributed by atoms with Crippen molar-refractivity contribution in [1.82, 2.24) is 5.09 Å². The fourth-order valence-electron chi connectivity index (χ4n) is 1.92. The van der Waals surface area contributed by atoms with Gasteiger partial charge >= 0.3 is 0 Å². The molecule has 0 radical (unpaired) electrons. The van der Waals surface area contributed by atoms with Gasteiger partial charge in [0, 0.05) is 0 Å². The molecule has 0 aromatic rings. The Hall–Kier alpha value is 0.615. The van der Waals surface area contributed by atoms with Gasteiger partial charge in [0.05, 0.1) is 36.7 Å². The second kappa shape index (κ2) is 8.80. The van der Waals surface area contributed by atoms with Crippen LogP contribution >= 0.6 is 21.4 Å². The molecule has 1 rings (SSSR count). The van der Waals surface area contributed by atoms with E-state index in [1.165, 1.54) is 0 Å². The summed E-state index contributed by atoms with van der Waals surface area (Å²) < 4.78 is 25.1. The Morgan fingerprint density at radius 1 is 1.58 bits per heavy atom. The Labute approximate surface area is 122 Å². The van der Waals surface area contributed by atoms with Gasteiger partial charge in [-0.05, 0) is 34.8 Å². The van der Waals surface area contributed by atoms with E-state index in [-0.39, 0.29) is 20.9 Å². The standard InChI is InChI=1S/C11H24BFNO3PS/c1-6(2)16-5-7-10(9(13)11(12)17-7)14-18-8(15)3-4-19/h6-11,14-15,18-19H,3-5,12H2,1-2H3. The molecule has 2 N–H and O–H groups in total. The Balaban J connectivity index is 2.45. The molecular formula is C11H24BFNO3PS. The monoisotopic (exact) mass is 311 g/mol. The van der Waals surface area contributed by atoms with E-state index < -0.39 is 24.1 Å². The van der Waals surface area contributed by atoms with E-state index in [0.717, 1.165) is 0 Å². The van der Waals surface area contributed by atoms with Gasteiger partial charge in [-0.2, -0.15) is 12.6 Å². The Kier molecular flexibility index (Phi) is 8.19. The third-order valence-electron chi connectivity index (χ3n) is 2.99. The lowest BCUT2D eigenvalue weighted by Crippen LogP contribution is -2.42. The van der Waals surface area contributed by atoms with Gasteiger partial charge in [0.2, 0.25) is 0 Å². The maximum absolute atomic E-state index is 14.1. The molecule has 1 fully saturated rings. The van der Waals surface area contributed by atoms with Gasteiger partial charge < -0.3 is 14.6 Å². The topological polar surface area (TPSA) is 50.7 Å². The highest BCUT2D eigenvalue weighted by molar-refractivity contribution is 7.80. The number of hydrogen-bond acceptors (Lipinski definition) is 5. The van der Waals surface area contributed by atoms with Crippen molar-refractivity contribution >= 4 is 29.2 Å². The second-order valence-corrected chi connectivity index (χ2v) is 6.74. The maximum Gasteiger partial charge on any atom is 0.143 e. The van der Waals surface area contributed by atoms with Crippen LogP contribution in [0.5, 0.6) is 0 Å². The number of ether oxygens (including phenoxy) is 2. The number of hydrogen-bond donors (Lipinski definition) is 3. The van der Waals surface area contributed by atoms with Crippen LogP contribution < -0.4 is 5.09 Å². The fraction of sp³-hybridized carbons (Fsp3) is 1.00. The van der Waals surface area contributed by atoms with Gasteiger partial charge in [0.15, 0.2) is 0 Å². The van der Waals surface area contributed by atoms with Crippen LogP contribution in [0.3, 0.4) is 0 Å². The minimum Gasteiger partial charge on any atom is -0.388 e. The zero-order valence-corrected chi connectivity index (χ0v) is 13.6. The summed E-state index contributed by atoms with van der Waals surface area (Å²) in [7, 11) is 1.81. The first-order valence-electron chi connectivity index (χ1n) is 6.66. The Bertz CT molecular complexity index is 268. The maximum atomic E-state index is 14.1. The van der Waals surface area contributed by atoms with E-state index in [1.807, 2.05) is 13.8 Å². The van der Waals surface area contributed by atoms with Crippen molar-refractivity contribution < 1.29 is 19.0 Å². The SMILES string of the molecule is BC1OC(COC(C)C)C(NPC(O)CCS)C1F. The third-order valence-corrected chi connectivity index (χ3v) is 4.37. The summed E-state index contributed by atoms with van der Waals surface area (Å²) in [5.41, 5.74) is 0. The van der Waals surface area contributed by atoms with Crippen LogP contribution in [0, 0.1) is 0 Å². The minimum atomic E-state index is -1.07. The summed E-state index contributed by atoms with van der Waals surface area (Å²) >= 11 is 4.07. The smallest absolute Gasteiger partial charge is 0.143 e. The molecule has 0 aromatic carbocycles. The average Bonchev–Trinajstić information content (AvgIpc) is 2.61. The highest BCUT2D eigenvalue weighted by Gasteiger charge is 2.42. The zero-order valence-electron chi connectivity index (χ0n) is 11.7.